The highest BCUT2D eigenvalue weighted by Crippen LogP contribution is 2.29. The van der Waals surface area contributed by atoms with Gasteiger partial charge in [-0.1, -0.05) is 0 Å². The molecule has 0 bridgehead atoms. The van der Waals surface area contributed by atoms with Crippen LogP contribution in [0.2, 0.25) is 0 Å². The molecule has 0 spiro atoms. The van der Waals surface area contributed by atoms with Crippen LogP contribution in [0.5, 0.6) is 0 Å². The van der Waals surface area contributed by atoms with E-state index in [2.05, 4.69) is 5.32 Å². The number of halogens is 2. The molecule has 2 rings (SSSR count). The zero-order valence-corrected chi connectivity index (χ0v) is 13.0. The monoisotopic (exact) mass is 383 g/mol. The van der Waals surface area contributed by atoms with Crippen LogP contribution in [0.15, 0.2) is 18.2 Å². The van der Waals surface area contributed by atoms with Crippen LogP contribution < -0.4 is 5.32 Å². The van der Waals surface area contributed by atoms with E-state index in [1.807, 2.05) is 22.6 Å². The molecule has 0 saturated heterocycles. The molecule has 1 fully saturated rings. The summed E-state index contributed by atoms with van der Waals surface area (Å²) >= 11 is 2.05. The summed E-state index contributed by atoms with van der Waals surface area (Å²) < 4.78 is 37.1. The van der Waals surface area contributed by atoms with Gasteiger partial charge in [0, 0.05) is 21.6 Å². The van der Waals surface area contributed by atoms with Crippen molar-refractivity contribution in [1.82, 2.24) is 0 Å². The number of sulfone groups is 1. The predicted molar refractivity (Wildman–Crippen MR) is 79.0 cm³/mol. The molecule has 18 heavy (non-hydrogen) atoms. The Balaban J connectivity index is 2.18. The summed E-state index contributed by atoms with van der Waals surface area (Å²) in [7, 11) is -3.03. The van der Waals surface area contributed by atoms with Crippen LogP contribution in [0.4, 0.5) is 10.1 Å². The van der Waals surface area contributed by atoms with Gasteiger partial charge in [-0.15, -0.1) is 0 Å². The van der Waals surface area contributed by atoms with Gasteiger partial charge >= 0.3 is 0 Å². The van der Waals surface area contributed by atoms with Crippen molar-refractivity contribution in [3.8, 4) is 0 Å². The van der Waals surface area contributed by atoms with E-state index >= 15 is 0 Å². The minimum atomic E-state index is -3.03. The maximum Gasteiger partial charge on any atom is 0.152 e. The third-order valence-corrected chi connectivity index (χ3v) is 5.83. The minimum Gasteiger partial charge on any atom is -0.380 e. The average molecular weight is 383 g/mol. The number of rotatable bonds is 3. The molecule has 1 aliphatic carbocycles. The first-order valence-corrected chi connectivity index (χ1v) is 8.82. The summed E-state index contributed by atoms with van der Waals surface area (Å²) in [5.74, 6) is -0.281. The van der Waals surface area contributed by atoms with Crippen LogP contribution in [0.3, 0.4) is 0 Å². The minimum absolute atomic E-state index is 0.0704. The molecule has 0 amide bonds. The smallest absolute Gasteiger partial charge is 0.152 e. The lowest BCUT2D eigenvalue weighted by atomic mass is 10.2. The number of benzene rings is 1. The highest BCUT2D eigenvalue weighted by molar-refractivity contribution is 14.1. The number of nitrogens with one attached hydrogen (secondary N) is 1. The number of anilines is 1. The lowest BCUT2D eigenvalue weighted by molar-refractivity contribution is 0.579. The van der Waals surface area contributed by atoms with E-state index in [1.54, 1.807) is 6.07 Å². The molecule has 2 unspecified atom stereocenters. The summed E-state index contributed by atoms with van der Waals surface area (Å²) in [4.78, 5) is 0. The molecular formula is C12H15FINO2S. The van der Waals surface area contributed by atoms with Gasteiger partial charge in [-0.25, -0.2) is 12.8 Å². The lowest BCUT2D eigenvalue weighted by Crippen LogP contribution is -2.34. The Morgan fingerprint density at radius 3 is 2.72 bits per heavy atom. The van der Waals surface area contributed by atoms with E-state index in [4.69, 9.17) is 0 Å². The Morgan fingerprint density at radius 2 is 2.11 bits per heavy atom. The van der Waals surface area contributed by atoms with E-state index in [-0.39, 0.29) is 17.1 Å². The largest absolute Gasteiger partial charge is 0.380 e. The second kappa shape index (κ2) is 5.32. The van der Waals surface area contributed by atoms with Crippen molar-refractivity contribution in [2.45, 2.75) is 30.6 Å². The molecule has 1 aromatic carbocycles. The van der Waals surface area contributed by atoms with Crippen molar-refractivity contribution in [2.24, 2.45) is 0 Å². The van der Waals surface area contributed by atoms with Crippen molar-refractivity contribution in [3.05, 3.63) is 27.6 Å². The number of hydrogen-bond donors (Lipinski definition) is 1. The standard InChI is InChI=1S/C12H15FINO2S/c1-18(16,17)12-4-2-3-11(12)15-10-6-5-8(13)7-9(10)14/h5-7,11-12,15H,2-4H2,1H3. The van der Waals surface area contributed by atoms with E-state index < -0.39 is 9.84 Å². The average Bonchev–Trinajstić information content (AvgIpc) is 2.70. The zero-order chi connectivity index (χ0) is 13.3. The highest BCUT2D eigenvalue weighted by Gasteiger charge is 2.34. The van der Waals surface area contributed by atoms with E-state index in [0.717, 1.165) is 22.1 Å². The molecular weight excluding hydrogens is 368 g/mol. The van der Waals surface area contributed by atoms with Crippen LogP contribution in [0.1, 0.15) is 19.3 Å². The van der Waals surface area contributed by atoms with Crippen molar-refractivity contribution in [3.63, 3.8) is 0 Å². The van der Waals surface area contributed by atoms with Gasteiger partial charge in [0.15, 0.2) is 9.84 Å². The SMILES string of the molecule is CS(=O)(=O)C1CCCC1Nc1ccc(F)cc1I. The maximum atomic E-state index is 13.0. The molecule has 0 heterocycles. The zero-order valence-electron chi connectivity index (χ0n) is 9.99. The van der Waals surface area contributed by atoms with E-state index in [0.29, 0.717) is 6.42 Å². The fourth-order valence-corrected chi connectivity index (χ4v) is 4.44. The molecule has 6 heteroatoms. The van der Waals surface area contributed by atoms with Crippen LogP contribution in [-0.4, -0.2) is 26.0 Å². The van der Waals surface area contributed by atoms with Crippen molar-refractivity contribution in [2.75, 3.05) is 11.6 Å². The molecule has 1 N–H and O–H groups in total. The molecule has 100 valence electrons. The van der Waals surface area contributed by atoms with Gasteiger partial charge in [0.25, 0.3) is 0 Å². The first kappa shape index (κ1) is 14.0. The van der Waals surface area contributed by atoms with Crippen molar-refractivity contribution < 1.29 is 12.8 Å². The van der Waals surface area contributed by atoms with Gasteiger partial charge in [-0.3, -0.25) is 0 Å². The maximum absolute atomic E-state index is 13.0. The van der Waals surface area contributed by atoms with Crippen LogP contribution in [0.25, 0.3) is 0 Å². The van der Waals surface area contributed by atoms with Gasteiger partial charge < -0.3 is 5.32 Å². The fraction of sp³-hybridized carbons (Fsp3) is 0.500. The van der Waals surface area contributed by atoms with Gasteiger partial charge in [-0.2, -0.15) is 0 Å². The third kappa shape index (κ3) is 3.14. The second-order valence-electron chi connectivity index (χ2n) is 4.67. The van der Waals surface area contributed by atoms with Crippen LogP contribution in [-0.2, 0) is 9.84 Å². The summed E-state index contributed by atoms with van der Waals surface area (Å²) in [5.41, 5.74) is 0.803. The lowest BCUT2D eigenvalue weighted by Gasteiger charge is -2.21. The first-order valence-electron chi connectivity index (χ1n) is 5.78. The second-order valence-corrected chi connectivity index (χ2v) is 8.10. The summed E-state index contributed by atoms with van der Waals surface area (Å²) in [6, 6.07) is 4.41. The molecule has 0 radical (unpaired) electrons. The molecule has 2 atom stereocenters. The third-order valence-electron chi connectivity index (χ3n) is 3.27. The Bertz CT molecular complexity index is 547. The summed E-state index contributed by atoms with van der Waals surface area (Å²) in [6.07, 6.45) is 3.74. The Kier molecular flexibility index (Phi) is 4.15. The molecule has 3 nitrogen and oxygen atoms in total. The van der Waals surface area contributed by atoms with Crippen molar-refractivity contribution >= 4 is 38.1 Å². The predicted octanol–water partition coefficient (Wildman–Crippen LogP) is 2.81. The van der Waals surface area contributed by atoms with Crippen LogP contribution in [0, 0.1) is 9.39 Å². The normalized spacial score (nSPS) is 24.2. The molecule has 0 aliphatic heterocycles. The first-order chi connectivity index (χ1) is 8.38. The molecule has 1 aromatic rings. The van der Waals surface area contributed by atoms with Gasteiger partial charge in [-0.05, 0) is 60.1 Å². The quantitative estimate of drug-likeness (QED) is 0.817. The van der Waals surface area contributed by atoms with E-state index in [9.17, 15) is 12.8 Å². The Labute approximate surface area is 120 Å². The van der Waals surface area contributed by atoms with Gasteiger partial charge in [0.05, 0.1) is 5.25 Å². The van der Waals surface area contributed by atoms with Crippen LogP contribution >= 0.6 is 22.6 Å². The molecule has 0 aromatic heterocycles. The molecule has 1 aliphatic rings. The fourth-order valence-electron chi connectivity index (χ4n) is 2.41. The molecule has 1 saturated carbocycles. The van der Waals surface area contributed by atoms with Gasteiger partial charge in [0.1, 0.15) is 5.82 Å². The van der Waals surface area contributed by atoms with Crippen molar-refractivity contribution in [1.29, 1.82) is 0 Å². The number of hydrogen-bond acceptors (Lipinski definition) is 3. The van der Waals surface area contributed by atoms with Gasteiger partial charge in [0.2, 0.25) is 0 Å². The highest BCUT2D eigenvalue weighted by atomic mass is 127. The topological polar surface area (TPSA) is 46.2 Å². The summed E-state index contributed by atoms with van der Waals surface area (Å²) in [6.45, 7) is 0. The Morgan fingerprint density at radius 1 is 1.39 bits per heavy atom. The Hall–Kier alpha value is -0.370. The van der Waals surface area contributed by atoms with E-state index in [1.165, 1.54) is 18.4 Å². The summed E-state index contributed by atoms with van der Waals surface area (Å²) in [5, 5.41) is 2.90.